The number of carbonyl (C=O) groups is 1. The van der Waals surface area contributed by atoms with Gasteiger partial charge in [-0.25, -0.2) is 4.79 Å². The summed E-state index contributed by atoms with van der Waals surface area (Å²) < 4.78 is 10.6. The standard InChI is InChI=1S/C15H13NO4.Na.H/c17-15(18)11-2-4-12(5-3-11)16-8-10-1-6-13-14(7-10)20-9-19-13;;/h1-7,16H,8-9H2,(H,17,18);;. The van der Waals surface area contributed by atoms with Crippen molar-refractivity contribution in [2.75, 3.05) is 12.1 Å². The van der Waals surface area contributed by atoms with Crippen molar-refractivity contribution in [3.63, 3.8) is 0 Å². The number of nitrogens with one attached hydrogen (secondary N) is 1. The number of hydrogen-bond acceptors (Lipinski definition) is 4. The van der Waals surface area contributed by atoms with Crippen LogP contribution in [-0.4, -0.2) is 47.4 Å². The Labute approximate surface area is 144 Å². The summed E-state index contributed by atoms with van der Waals surface area (Å²) in [5, 5.41) is 12.1. The Balaban J connectivity index is 0.00000161. The van der Waals surface area contributed by atoms with Crippen LogP contribution in [0.2, 0.25) is 0 Å². The van der Waals surface area contributed by atoms with E-state index in [-0.39, 0.29) is 41.9 Å². The number of carboxylic acids is 1. The molecule has 0 unspecified atom stereocenters. The van der Waals surface area contributed by atoms with E-state index in [1.807, 2.05) is 18.2 Å². The summed E-state index contributed by atoms with van der Waals surface area (Å²) in [5.41, 5.74) is 2.21. The summed E-state index contributed by atoms with van der Waals surface area (Å²) in [6.45, 7) is 0.895. The zero-order chi connectivity index (χ0) is 13.9. The third-order valence-corrected chi connectivity index (χ3v) is 3.07. The molecule has 21 heavy (non-hydrogen) atoms. The topological polar surface area (TPSA) is 67.8 Å². The van der Waals surface area contributed by atoms with Gasteiger partial charge in [-0.05, 0) is 42.0 Å². The van der Waals surface area contributed by atoms with Crippen LogP contribution in [0.15, 0.2) is 42.5 Å². The van der Waals surface area contributed by atoms with Crippen LogP contribution in [0.25, 0.3) is 0 Å². The van der Waals surface area contributed by atoms with E-state index in [4.69, 9.17) is 14.6 Å². The second kappa shape index (κ2) is 6.85. The molecule has 0 aliphatic carbocycles. The molecule has 0 aromatic heterocycles. The molecule has 0 radical (unpaired) electrons. The fourth-order valence-electron chi connectivity index (χ4n) is 1.99. The second-order valence-corrected chi connectivity index (χ2v) is 4.42. The van der Waals surface area contributed by atoms with E-state index in [1.54, 1.807) is 24.3 Å². The van der Waals surface area contributed by atoms with Gasteiger partial charge < -0.3 is 19.9 Å². The minimum atomic E-state index is -0.924. The van der Waals surface area contributed by atoms with Gasteiger partial charge in [-0.1, -0.05) is 6.07 Å². The molecule has 1 heterocycles. The van der Waals surface area contributed by atoms with Crippen molar-refractivity contribution in [1.82, 2.24) is 0 Å². The van der Waals surface area contributed by atoms with Crippen LogP contribution >= 0.6 is 0 Å². The van der Waals surface area contributed by atoms with Gasteiger partial charge in [-0.2, -0.15) is 0 Å². The number of fused-ring (bicyclic) bond motifs is 1. The second-order valence-electron chi connectivity index (χ2n) is 4.42. The van der Waals surface area contributed by atoms with Crippen LogP contribution < -0.4 is 14.8 Å². The van der Waals surface area contributed by atoms with Crippen LogP contribution in [0.1, 0.15) is 15.9 Å². The molecule has 0 amide bonds. The number of ether oxygens (including phenoxy) is 2. The van der Waals surface area contributed by atoms with E-state index in [0.717, 1.165) is 22.7 Å². The van der Waals surface area contributed by atoms with Crippen molar-refractivity contribution in [3.8, 4) is 11.5 Å². The molecule has 0 spiro atoms. The van der Waals surface area contributed by atoms with Gasteiger partial charge in [0.2, 0.25) is 6.79 Å². The molecule has 5 nitrogen and oxygen atoms in total. The van der Waals surface area contributed by atoms with E-state index in [9.17, 15) is 4.79 Å². The summed E-state index contributed by atoms with van der Waals surface area (Å²) in [6, 6.07) is 12.4. The van der Waals surface area contributed by atoms with Gasteiger partial charge in [-0.3, -0.25) is 0 Å². The first-order valence-electron chi connectivity index (χ1n) is 6.18. The quantitative estimate of drug-likeness (QED) is 0.845. The maximum atomic E-state index is 10.8. The first-order valence-corrected chi connectivity index (χ1v) is 6.18. The fraction of sp³-hybridized carbons (Fsp3) is 0.133. The molecular formula is C15H14NNaO4. The Morgan fingerprint density at radius 3 is 2.52 bits per heavy atom. The van der Waals surface area contributed by atoms with Gasteiger partial charge in [0, 0.05) is 12.2 Å². The van der Waals surface area contributed by atoms with Crippen molar-refractivity contribution in [3.05, 3.63) is 53.6 Å². The van der Waals surface area contributed by atoms with Gasteiger partial charge in [-0.15, -0.1) is 0 Å². The number of anilines is 1. The molecular weight excluding hydrogens is 281 g/mol. The third kappa shape index (κ3) is 3.69. The van der Waals surface area contributed by atoms with Crippen LogP contribution in [-0.2, 0) is 6.54 Å². The monoisotopic (exact) mass is 295 g/mol. The molecule has 0 saturated carbocycles. The normalized spacial score (nSPS) is 11.6. The SMILES string of the molecule is O=C(O)c1ccc(NCc2ccc3c(c2)OCO3)cc1.[NaH]. The van der Waals surface area contributed by atoms with Crippen LogP contribution in [0.4, 0.5) is 5.69 Å². The van der Waals surface area contributed by atoms with Gasteiger partial charge >= 0.3 is 35.5 Å². The summed E-state index contributed by atoms with van der Waals surface area (Å²) >= 11 is 0. The summed E-state index contributed by atoms with van der Waals surface area (Å²) in [6.07, 6.45) is 0. The van der Waals surface area contributed by atoms with Gasteiger partial charge in [0.1, 0.15) is 0 Å². The molecule has 3 rings (SSSR count). The van der Waals surface area contributed by atoms with Crippen molar-refractivity contribution >= 4 is 41.2 Å². The first kappa shape index (κ1) is 15.7. The summed E-state index contributed by atoms with van der Waals surface area (Å²) in [5.74, 6) is 0.595. The minimum absolute atomic E-state index is 0. The van der Waals surface area contributed by atoms with Crippen molar-refractivity contribution in [2.45, 2.75) is 6.54 Å². The first-order chi connectivity index (χ1) is 9.72. The van der Waals surface area contributed by atoms with Crippen LogP contribution in [0, 0.1) is 0 Å². The number of aromatic carboxylic acids is 1. The van der Waals surface area contributed by atoms with E-state index in [1.165, 1.54) is 0 Å². The molecule has 0 saturated heterocycles. The Morgan fingerprint density at radius 2 is 1.81 bits per heavy atom. The molecule has 104 valence electrons. The van der Waals surface area contributed by atoms with Gasteiger partial charge in [0.25, 0.3) is 0 Å². The fourth-order valence-corrected chi connectivity index (χ4v) is 1.99. The average Bonchev–Trinajstić information content (AvgIpc) is 2.93. The predicted molar refractivity (Wildman–Crippen MR) is 80.4 cm³/mol. The third-order valence-electron chi connectivity index (χ3n) is 3.07. The molecule has 0 bridgehead atoms. The Kier molecular flexibility index (Phi) is 5.12. The summed E-state index contributed by atoms with van der Waals surface area (Å²) in [7, 11) is 0. The zero-order valence-corrected chi connectivity index (χ0v) is 10.6. The molecule has 0 fully saturated rings. The molecule has 2 aromatic rings. The van der Waals surface area contributed by atoms with Crippen LogP contribution in [0.5, 0.6) is 11.5 Å². The molecule has 1 aliphatic rings. The van der Waals surface area contributed by atoms with E-state index in [0.29, 0.717) is 6.54 Å². The number of rotatable bonds is 4. The predicted octanol–water partition coefficient (Wildman–Crippen LogP) is 2.08. The number of hydrogen-bond donors (Lipinski definition) is 2. The number of benzene rings is 2. The van der Waals surface area contributed by atoms with Crippen molar-refractivity contribution in [1.29, 1.82) is 0 Å². The average molecular weight is 295 g/mol. The molecule has 1 aliphatic heterocycles. The summed E-state index contributed by atoms with van der Waals surface area (Å²) in [4.78, 5) is 10.8. The van der Waals surface area contributed by atoms with Gasteiger partial charge in [0.15, 0.2) is 11.5 Å². The van der Waals surface area contributed by atoms with Crippen LogP contribution in [0.3, 0.4) is 0 Å². The molecule has 6 heteroatoms. The number of carboxylic acid groups (broad SMARTS) is 1. The van der Waals surface area contributed by atoms with Crippen molar-refractivity contribution in [2.24, 2.45) is 0 Å². The Morgan fingerprint density at radius 1 is 1.10 bits per heavy atom. The van der Waals surface area contributed by atoms with E-state index in [2.05, 4.69) is 5.32 Å². The molecule has 0 atom stereocenters. The zero-order valence-electron chi connectivity index (χ0n) is 10.6. The molecule has 2 N–H and O–H groups in total. The van der Waals surface area contributed by atoms with E-state index < -0.39 is 5.97 Å². The van der Waals surface area contributed by atoms with Crippen molar-refractivity contribution < 1.29 is 19.4 Å². The molecule has 2 aromatic carbocycles. The van der Waals surface area contributed by atoms with E-state index >= 15 is 0 Å². The Bertz CT molecular complexity index is 643. The Hall–Kier alpha value is -1.69. The maximum absolute atomic E-state index is 10.8. The van der Waals surface area contributed by atoms with Gasteiger partial charge in [0.05, 0.1) is 5.56 Å².